The van der Waals surface area contributed by atoms with Crippen LogP contribution in [0.4, 0.5) is 0 Å². The molecule has 1 aliphatic carbocycles. The molecule has 0 radical (unpaired) electrons. The minimum Gasteiger partial charge on any atom is -0.352 e. The molecule has 0 saturated heterocycles. The third-order valence-electron chi connectivity index (χ3n) is 3.52. The van der Waals surface area contributed by atoms with Crippen LogP contribution in [0, 0.1) is 5.92 Å². The molecule has 21 heavy (non-hydrogen) atoms. The van der Waals surface area contributed by atoms with Crippen molar-refractivity contribution in [2.45, 2.75) is 23.8 Å². The first-order valence-corrected chi connectivity index (χ1v) is 7.49. The number of hydrogen-bond donors (Lipinski definition) is 1. The van der Waals surface area contributed by atoms with Crippen molar-refractivity contribution in [1.29, 1.82) is 0 Å². The molecular weight excluding hydrogens is 309 g/mol. The van der Waals surface area contributed by atoms with Gasteiger partial charge in [0.05, 0.1) is 12.2 Å². The van der Waals surface area contributed by atoms with Crippen LogP contribution in [0.15, 0.2) is 43.0 Å². The number of halogens is 2. The molecule has 110 valence electrons. The highest BCUT2D eigenvalue weighted by Gasteiger charge is 2.56. The smallest absolute Gasteiger partial charge is 0.226 e. The Morgan fingerprint density at radius 1 is 1.43 bits per heavy atom. The number of alkyl halides is 2. The molecule has 1 unspecified atom stereocenters. The number of nitrogens with zero attached hydrogens (tertiary/aromatic N) is 2. The molecule has 0 spiro atoms. The van der Waals surface area contributed by atoms with Crippen molar-refractivity contribution >= 4 is 29.1 Å². The number of hydrogen-bond acceptors (Lipinski definition) is 2. The lowest BCUT2D eigenvalue weighted by atomic mass is 10.1. The van der Waals surface area contributed by atoms with Crippen molar-refractivity contribution in [3.63, 3.8) is 0 Å². The normalized spacial score (nSPS) is 19.2. The van der Waals surface area contributed by atoms with Gasteiger partial charge in [0.2, 0.25) is 5.91 Å². The predicted octanol–water partition coefficient (Wildman–Crippen LogP) is 2.74. The van der Waals surface area contributed by atoms with Crippen molar-refractivity contribution in [2.24, 2.45) is 5.92 Å². The van der Waals surface area contributed by atoms with Crippen LogP contribution in [0.25, 0.3) is 0 Å². The van der Waals surface area contributed by atoms with E-state index in [9.17, 15) is 4.79 Å². The van der Waals surface area contributed by atoms with Crippen molar-refractivity contribution in [3.05, 3.63) is 54.1 Å². The summed E-state index contributed by atoms with van der Waals surface area (Å²) in [6.07, 6.45) is 5.98. The van der Waals surface area contributed by atoms with Crippen molar-refractivity contribution in [1.82, 2.24) is 14.9 Å². The number of nitrogens with one attached hydrogen (secondary N) is 1. The zero-order chi connectivity index (χ0) is 14.9. The first-order chi connectivity index (χ1) is 10.0. The summed E-state index contributed by atoms with van der Waals surface area (Å²) in [6, 6.07) is 8.09. The molecule has 1 aromatic carbocycles. The number of carbonyl (C=O) groups excluding carboxylic acids is 1. The molecule has 2 aromatic rings. The highest BCUT2D eigenvalue weighted by molar-refractivity contribution is 6.52. The van der Waals surface area contributed by atoms with Crippen LogP contribution >= 0.6 is 23.2 Å². The Hall–Kier alpha value is -1.52. The van der Waals surface area contributed by atoms with Gasteiger partial charge in [-0.15, -0.1) is 23.2 Å². The van der Waals surface area contributed by atoms with Gasteiger partial charge in [-0.05, 0) is 17.5 Å². The molecule has 0 bridgehead atoms. The van der Waals surface area contributed by atoms with Crippen LogP contribution < -0.4 is 5.32 Å². The Kier molecular flexibility index (Phi) is 3.91. The summed E-state index contributed by atoms with van der Waals surface area (Å²) >= 11 is 11.8. The van der Waals surface area contributed by atoms with Crippen LogP contribution in [0.2, 0.25) is 0 Å². The summed E-state index contributed by atoms with van der Waals surface area (Å²) < 4.78 is 1.13. The van der Waals surface area contributed by atoms with Gasteiger partial charge in [-0.3, -0.25) is 4.79 Å². The minimum absolute atomic E-state index is 0.0833. The zero-order valence-corrected chi connectivity index (χ0v) is 12.8. The van der Waals surface area contributed by atoms with E-state index in [4.69, 9.17) is 23.2 Å². The fourth-order valence-corrected chi connectivity index (χ4v) is 2.75. The lowest BCUT2D eigenvalue weighted by Crippen LogP contribution is -2.26. The van der Waals surface area contributed by atoms with E-state index < -0.39 is 4.33 Å². The van der Waals surface area contributed by atoms with Gasteiger partial charge in [0.15, 0.2) is 0 Å². The molecule has 1 amide bonds. The molecule has 1 fully saturated rings. The highest BCUT2D eigenvalue weighted by Crippen LogP contribution is 2.53. The monoisotopic (exact) mass is 323 g/mol. The Balaban J connectivity index is 1.57. The third-order valence-corrected chi connectivity index (χ3v) is 4.36. The number of benzene rings is 1. The molecule has 1 heterocycles. The molecule has 1 atom stereocenters. The Labute approximate surface area is 133 Å². The summed E-state index contributed by atoms with van der Waals surface area (Å²) in [6.45, 7) is 1.24. The van der Waals surface area contributed by atoms with Crippen LogP contribution in [0.5, 0.6) is 0 Å². The summed E-state index contributed by atoms with van der Waals surface area (Å²) in [4.78, 5) is 15.9. The standard InChI is InChI=1S/C15H15Cl2N3O/c16-15(17)7-13(15)14(21)19-8-11-2-1-3-12(6-11)9-20-5-4-18-10-20/h1-6,10,13H,7-9H2,(H,19,21). The molecule has 1 aromatic heterocycles. The second-order valence-electron chi connectivity index (χ2n) is 5.29. The third kappa shape index (κ3) is 3.57. The number of amides is 1. The van der Waals surface area contributed by atoms with Gasteiger partial charge in [-0.25, -0.2) is 4.98 Å². The predicted molar refractivity (Wildman–Crippen MR) is 82.2 cm³/mol. The van der Waals surface area contributed by atoms with E-state index in [1.54, 1.807) is 12.5 Å². The summed E-state index contributed by atoms with van der Waals surface area (Å²) in [5, 5.41) is 2.88. The van der Waals surface area contributed by atoms with Gasteiger partial charge in [0, 0.05) is 25.5 Å². The van der Waals surface area contributed by atoms with Gasteiger partial charge in [-0.2, -0.15) is 0 Å². The number of imidazole rings is 1. The number of carbonyl (C=O) groups is 1. The van der Waals surface area contributed by atoms with Crippen LogP contribution in [-0.4, -0.2) is 19.8 Å². The molecule has 6 heteroatoms. The van der Waals surface area contributed by atoms with E-state index in [0.29, 0.717) is 13.0 Å². The largest absolute Gasteiger partial charge is 0.352 e. The summed E-state index contributed by atoms with van der Waals surface area (Å²) in [7, 11) is 0. The van der Waals surface area contributed by atoms with Crippen LogP contribution in [-0.2, 0) is 17.9 Å². The maximum atomic E-state index is 11.8. The van der Waals surface area contributed by atoms with Crippen LogP contribution in [0.1, 0.15) is 17.5 Å². The average molecular weight is 324 g/mol. The summed E-state index contributed by atoms with van der Waals surface area (Å²) in [5.41, 5.74) is 2.21. The van der Waals surface area contributed by atoms with Crippen molar-refractivity contribution in [2.75, 3.05) is 0 Å². The minimum atomic E-state index is -0.868. The van der Waals surface area contributed by atoms with Gasteiger partial charge < -0.3 is 9.88 Å². The lowest BCUT2D eigenvalue weighted by Gasteiger charge is -2.08. The lowest BCUT2D eigenvalue weighted by molar-refractivity contribution is -0.122. The molecule has 1 N–H and O–H groups in total. The fraction of sp³-hybridized carbons (Fsp3) is 0.333. The molecule has 4 nitrogen and oxygen atoms in total. The van der Waals surface area contributed by atoms with E-state index in [-0.39, 0.29) is 11.8 Å². The van der Waals surface area contributed by atoms with Gasteiger partial charge >= 0.3 is 0 Å². The van der Waals surface area contributed by atoms with E-state index in [1.165, 1.54) is 0 Å². The molecule has 1 aliphatic rings. The van der Waals surface area contributed by atoms with E-state index in [0.717, 1.165) is 17.7 Å². The van der Waals surface area contributed by atoms with Gasteiger partial charge in [0.25, 0.3) is 0 Å². The number of rotatable bonds is 5. The number of aromatic nitrogens is 2. The first kappa shape index (κ1) is 14.4. The SMILES string of the molecule is O=C(NCc1cccc(Cn2ccnc2)c1)C1CC1(Cl)Cl. The zero-order valence-electron chi connectivity index (χ0n) is 11.3. The van der Waals surface area contributed by atoms with Gasteiger partial charge in [-0.1, -0.05) is 24.3 Å². The average Bonchev–Trinajstić information content (AvgIpc) is 2.87. The van der Waals surface area contributed by atoms with E-state index >= 15 is 0 Å². The van der Waals surface area contributed by atoms with Gasteiger partial charge in [0.1, 0.15) is 4.33 Å². The first-order valence-electron chi connectivity index (χ1n) is 6.74. The Morgan fingerprint density at radius 3 is 2.86 bits per heavy atom. The molecular formula is C15H15Cl2N3O. The van der Waals surface area contributed by atoms with Crippen LogP contribution in [0.3, 0.4) is 0 Å². The molecule has 0 aliphatic heterocycles. The Morgan fingerprint density at radius 2 is 2.19 bits per heavy atom. The van der Waals surface area contributed by atoms with Crippen molar-refractivity contribution < 1.29 is 4.79 Å². The quantitative estimate of drug-likeness (QED) is 0.860. The Bertz CT molecular complexity index is 640. The van der Waals surface area contributed by atoms with Crippen molar-refractivity contribution in [3.8, 4) is 0 Å². The second-order valence-corrected chi connectivity index (χ2v) is 6.83. The highest BCUT2D eigenvalue weighted by atomic mass is 35.5. The van der Waals surface area contributed by atoms with E-state index in [1.807, 2.05) is 22.9 Å². The molecule has 3 rings (SSSR count). The van der Waals surface area contributed by atoms with E-state index in [2.05, 4.69) is 22.4 Å². The maximum Gasteiger partial charge on any atom is 0.226 e. The second kappa shape index (κ2) is 5.70. The maximum absolute atomic E-state index is 11.8. The summed E-state index contributed by atoms with van der Waals surface area (Å²) in [5.74, 6) is -0.366. The molecule has 1 saturated carbocycles. The fourth-order valence-electron chi connectivity index (χ4n) is 2.24. The topological polar surface area (TPSA) is 46.9 Å².